The fourth-order valence-electron chi connectivity index (χ4n) is 2.82. The lowest BCUT2D eigenvalue weighted by molar-refractivity contribution is -0.132. The molecule has 104 valence electrons. The van der Waals surface area contributed by atoms with Gasteiger partial charge in [-0.3, -0.25) is 4.79 Å². The molecule has 3 heteroatoms. The van der Waals surface area contributed by atoms with Gasteiger partial charge >= 0.3 is 0 Å². The van der Waals surface area contributed by atoms with E-state index in [1.165, 1.54) is 5.56 Å². The molecule has 1 fully saturated rings. The van der Waals surface area contributed by atoms with Gasteiger partial charge in [-0.2, -0.15) is 0 Å². The average molecular weight is 260 g/mol. The molecule has 1 N–H and O–H groups in total. The van der Waals surface area contributed by atoms with Gasteiger partial charge in [-0.05, 0) is 44.8 Å². The van der Waals surface area contributed by atoms with Gasteiger partial charge in [0.25, 0.3) is 0 Å². The predicted octanol–water partition coefficient (Wildman–Crippen LogP) is 2.22. The molecular formula is C16H24N2O. The number of benzene rings is 1. The van der Waals surface area contributed by atoms with Crippen molar-refractivity contribution in [1.29, 1.82) is 0 Å². The molecule has 0 bridgehead atoms. The summed E-state index contributed by atoms with van der Waals surface area (Å²) in [6.07, 6.45) is 4.90. The van der Waals surface area contributed by atoms with Crippen LogP contribution in [-0.2, 0) is 11.2 Å². The number of amides is 1. The van der Waals surface area contributed by atoms with Gasteiger partial charge in [0, 0.05) is 19.0 Å². The number of carbonyl (C=O) groups is 1. The first-order valence-electron chi connectivity index (χ1n) is 7.29. The van der Waals surface area contributed by atoms with E-state index >= 15 is 0 Å². The number of nitrogens with one attached hydrogen (secondary N) is 1. The molecule has 1 heterocycles. The van der Waals surface area contributed by atoms with E-state index in [1.54, 1.807) is 0 Å². The van der Waals surface area contributed by atoms with Crippen LogP contribution >= 0.6 is 0 Å². The molecule has 0 saturated carbocycles. The number of hydrogen-bond acceptors (Lipinski definition) is 2. The quantitative estimate of drug-likeness (QED) is 0.795. The van der Waals surface area contributed by atoms with Crippen molar-refractivity contribution >= 4 is 5.91 Å². The summed E-state index contributed by atoms with van der Waals surface area (Å²) < 4.78 is 0. The van der Waals surface area contributed by atoms with Crippen molar-refractivity contribution in [3.8, 4) is 0 Å². The van der Waals surface area contributed by atoms with Crippen molar-refractivity contribution in [2.75, 3.05) is 20.1 Å². The van der Waals surface area contributed by atoms with Crippen LogP contribution in [0.25, 0.3) is 0 Å². The molecule has 1 aromatic rings. The smallest absolute Gasteiger partial charge is 0.222 e. The molecule has 0 radical (unpaired) electrons. The van der Waals surface area contributed by atoms with Gasteiger partial charge < -0.3 is 10.2 Å². The molecule has 1 amide bonds. The molecule has 0 spiro atoms. The highest BCUT2D eigenvalue weighted by Crippen LogP contribution is 2.22. The first kappa shape index (κ1) is 14.1. The average Bonchev–Trinajstić information content (AvgIpc) is 2.88. The topological polar surface area (TPSA) is 32.3 Å². The summed E-state index contributed by atoms with van der Waals surface area (Å²) in [5.74, 6) is 0.327. The predicted molar refractivity (Wildman–Crippen MR) is 78.0 cm³/mol. The van der Waals surface area contributed by atoms with E-state index in [0.29, 0.717) is 18.4 Å². The molecule has 1 aromatic carbocycles. The van der Waals surface area contributed by atoms with E-state index in [1.807, 2.05) is 13.1 Å². The molecule has 1 aliphatic heterocycles. The largest absolute Gasteiger partial charge is 0.339 e. The molecule has 19 heavy (non-hydrogen) atoms. The van der Waals surface area contributed by atoms with Crippen LogP contribution in [0.15, 0.2) is 30.3 Å². The van der Waals surface area contributed by atoms with E-state index < -0.39 is 0 Å². The van der Waals surface area contributed by atoms with Gasteiger partial charge in [-0.25, -0.2) is 0 Å². The molecule has 1 unspecified atom stereocenters. The Balaban J connectivity index is 1.88. The highest BCUT2D eigenvalue weighted by atomic mass is 16.2. The summed E-state index contributed by atoms with van der Waals surface area (Å²) in [6.45, 7) is 1.86. The van der Waals surface area contributed by atoms with E-state index in [-0.39, 0.29) is 0 Å². The Morgan fingerprint density at radius 1 is 1.37 bits per heavy atom. The number of hydrogen-bond donors (Lipinski definition) is 1. The van der Waals surface area contributed by atoms with E-state index in [4.69, 9.17) is 0 Å². The number of rotatable bonds is 6. The Labute approximate surface area is 116 Å². The highest BCUT2D eigenvalue weighted by molar-refractivity contribution is 5.76. The van der Waals surface area contributed by atoms with Crippen molar-refractivity contribution in [2.45, 2.75) is 38.1 Å². The third-order valence-electron chi connectivity index (χ3n) is 3.83. The Morgan fingerprint density at radius 3 is 2.89 bits per heavy atom. The standard InChI is InChI=1S/C16H24N2O/c1-17-11-5-10-16(19)18-12-6-9-15(18)13-14-7-3-2-4-8-14/h2-4,7-8,15,17H,5-6,9-13H2,1H3. The molecule has 1 atom stereocenters. The van der Waals surface area contributed by atoms with E-state index in [9.17, 15) is 4.79 Å². The SMILES string of the molecule is CNCCCC(=O)N1CCCC1Cc1ccccc1. The fourth-order valence-corrected chi connectivity index (χ4v) is 2.82. The minimum absolute atomic E-state index is 0.327. The van der Waals surface area contributed by atoms with Crippen LogP contribution in [0.4, 0.5) is 0 Å². The second kappa shape index (κ2) is 7.29. The third-order valence-corrected chi connectivity index (χ3v) is 3.83. The Bertz CT molecular complexity index is 391. The summed E-state index contributed by atoms with van der Waals surface area (Å²) in [5, 5.41) is 3.09. The summed E-state index contributed by atoms with van der Waals surface area (Å²) in [4.78, 5) is 14.3. The Hall–Kier alpha value is -1.35. The number of carbonyl (C=O) groups excluding carboxylic acids is 1. The maximum Gasteiger partial charge on any atom is 0.222 e. The monoisotopic (exact) mass is 260 g/mol. The maximum atomic E-state index is 12.2. The van der Waals surface area contributed by atoms with Gasteiger partial charge in [-0.15, -0.1) is 0 Å². The summed E-state index contributed by atoms with van der Waals surface area (Å²) in [7, 11) is 1.93. The van der Waals surface area contributed by atoms with E-state index in [0.717, 1.165) is 38.8 Å². The molecule has 0 aliphatic carbocycles. The Morgan fingerprint density at radius 2 is 2.16 bits per heavy atom. The molecule has 1 saturated heterocycles. The summed E-state index contributed by atoms with van der Waals surface area (Å²) in [5.41, 5.74) is 1.34. The van der Waals surface area contributed by atoms with Crippen LogP contribution in [-0.4, -0.2) is 37.0 Å². The molecule has 2 rings (SSSR count). The normalized spacial score (nSPS) is 18.8. The van der Waals surface area contributed by atoms with Crippen LogP contribution in [0.2, 0.25) is 0 Å². The lowest BCUT2D eigenvalue weighted by Gasteiger charge is -2.25. The second-order valence-corrected chi connectivity index (χ2v) is 5.28. The van der Waals surface area contributed by atoms with Crippen molar-refractivity contribution in [3.05, 3.63) is 35.9 Å². The molecule has 3 nitrogen and oxygen atoms in total. The molecule has 0 aromatic heterocycles. The van der Waals surface area contributed by atoms with Gasteiger partial charge in [0.2, 0.25) is 5.91 Å². The van der Waals surface area contributed by atoms with Crippen molar-refractivity contribution in [3.63, 3.8) is 0 Å². The van der Waals surface area contributed by atoms with Crippen molar-refractivity contribution in [1.82, 2.24) is 10.2 Å². The van der Waals surface area contributed by atoms with Gasteiger partial charge in [-0.1, -0.05) is 30.3 Å². The number of nitrogens with zero attached hydrogens (tertiary/aromatic N) is 1. The fraction of sp³-hybridized carbons (Fsp3) is 0.562. The highest BCUT2D eigenvalue weighted by Gasteiger charge is 2.27. The van der Waals surface area contributed by atoms with Crippen LogP contribution in [0.5, 0.6) is 0 Å². The van der Waals surface area contributed by atoms with Gasteiger partial charge in [0.15, 0.2) is 0 Å². The molecular weight excluding hydrogens is 236 g/mol. The molecule has 1 aliphatic rings. The first-order chi connectivity index (χ1) is 9.31. The lowest BCUT2D eigenvalue weighted by atomic mass is 10.0. The zero-order valence-electron chi connectivity index (χ0n) is 11.8. The van der Waals surface area contributed by atoms with Crippen LogP contribution in [0, 0.1) is 0 Å². The zero-order valence-corrected chi connectivity index (χ0v) is 11.8. The summed E-state index contributed by atoms with van der Waals surface area (Å²) >= 11 is 0. The first-order valence-corrected chi connectivity index (χ1v) is 7.29. The number of likely N-dealkylation sites (tertiary alicyclic amines) is 1. The lowest BCUT2D eigenvalue weighted by Crippen LogP contribution is -2.37. The zero-order chi connectivity index (χ0) is 13.5. The van der Waals surface area contributed by atoms with Crippen molar-refractivity contribution in [2.24, 2.45) is 0 Å². The van der Waals surface area contributed by atoms with Crippen molar-refractivity contribution < 1.29 is 4.79 Å². The second-order valence-electron chi connectivity index (χ2n) is 5.28. The van der Waals surface area contributed by atoms with Crippen LogP contribution in [0.3, 0.4) is 0 Å². The Kier molecular flexibility index (Phi) is 5.40. The van der Waals surface area contributed by atoms with Crippen LogP contribution in [0.1, 0.15) is 31.2 Å². The third kappa shape index (κ3) is 4.06. The minimum atomic E-state index is 0.327. The maximum absolute atomic E-state index is 12.2. The van der Waals surface area contributed by atoms with Gasteiger partial charge in [0.1, 0.15) is 0 Å². The van der Waals surface area contributed by atoms with E-state index in [2.05, 4.69) is 34.5 Å². The minimum Gasteiger partial charge on any atom is -0.339 e. The van der Waals surface area contributed by atoms with Crippen LogP contribution < -0.4 is 5.32 Å². The van der Waals surface area contributed by atoms with Gasteiger partial charge in [0.05, 0.1) is 0 Å². The summed E-state index contributed by atoms with van der Waals surface area (Å²) in [6, 6.07) is 10.9.